The normalized spacial score (nSPS) is 15.9. The molecule has 0 aliphatic carbocycles. The number of carbonyl (C=O) groups excluding carboxylic acids is 1. The minimum absolute atomic E-state index is 0.0365. The summed E-state index contributed by atoms with van der Waals surface area (Å²) in [6.07, 6.45) is 2.83. The molecule has 2 aromatic heterocycles. The summed E-state index contributed by atoms with van der Waals surface area (Å²) in [7, 11) is 1.70. The fourth-order valence-electron chi connectivity index (χ4n) is 3.25. The molecule has 0 N–H and O–H groups in total. The first-order chi connectivity index (χ1) is 12.1. The molecule has 0 aromatic carbocycles. The van der Waals surface area contributed by atoms with Crippen LogP contribution in [-0.4, -0.2) is 59.0 Å². The first kappa shape index (κ1) is 17.8. The number of ether oxygens (including phenoxy) is 1. The lowest BCUT2D eigenvalue weighted by molar-refractivity contribution is 0.0756. The maximum Gasteiger partial charge on any atom is 0.273 e. The monoisotopic (exact) mass is 360 g/mol. The van der Waals surface area contributed by atoms with Crippen LogP contribution in [0.5, 0.6) is 5.75 Å². The summed E-state index contributed by atoms with van der Waals surface area (Å²) in [5, 5.41) is 1.82. The summed E-state index contributed by atoms with van der Waals surface area (Å²) in [5.74, 6) is 0.953. The van der Waals surface area contributed by atoms with Crippen molar-refractivity contribution in [3.8, 4) is 5.75 Å². The zero-order valence-electron chi connectivity index (χ0n) is 15.0. The number of amides is 1. The molecule has 1 amide bonds. The number of hydrogen-bond donors (Lipinski definition) is 0. The number of rotatable bonds is 4. The van der Waals surface area contributed by atoms with E-state index >= 15 is 0 Å². The van der Waals surface area contributed by atoms with Crippen LogP contribution in [-0.2, 0) is 6.54 Å². The molecule has 6 nitrogen and oxygen atoms in total. The highest BCUT2D eigenvalue weighted by atomic mass is 32.1. The highest BCUT2D eigenvalue weighted by molar-refractivity contribution is 7.07. The van der Waals surface area contributed by atoms with Gasteiger partial charge in [0.1, 0.15) is 11.4 Å². The lowest BCUT2D eigenvalue weighted by atomic mass is 10.1. The number of aryl methyl sites for hydroxylation is 1. The lowest BCUT2D eigenvalue weighted by Gasteiger charge is -2.22. The topological polar surface area (TPSA) is 58.6 Å². The number of methoxy groups -OCH3 is 1. The van der Waals surface area contributed by atoms with E-state index in [1.807, 2.05) is 23.4 Å². The number of carbonyl (C=O) groups is 1. The van der Waals surface area contributed by atoms with Crippen molar-refractivity contribution in [2.75, 3.05) is 33.3 Å². The average Bonchev–Trinajstić information content (AvgIpc) is 3.04. The number of aromatic nitrogens is 2. The van der Waals surface area contributed by atoms with Crippen molar-refractivity contribution in [2.45, 2.75) is 26.8 Å². The molecular formula is C18H24N4O2S. The third kappa shape index (κ3) is 3.99. The summed E-state index contributed by atoms with van der Waals surface area (Å²) in [5.41, 5.74) is 5.46. The molecule has 0 spiro atoms. The number of nitrogens with zero attached hydrogens (tertiary/aromatic N) is 4. The Labute approximate surface area is 152 Å². The third-order valence-electron chi connectivity index (χ3n) is 4.65. The summed E-state index contributed by atoms with van der Waals surface area (Å²) >= 11 is 1.46. The first-order valence-corrected chi connectivity index (χ1v) is 9.43. The zero-order valence-corrected chi connectivity index (χ0v) is 15.8. The average molecular weight is 360 g/mol. The molecule has 0 bridgehead atoms. The van der Waals surface area contributed by atoms with E-state index in [9.17, 15) is 4.79 Å². The predicted octanol–water partition coefficient (Wildman–Crippen LogP) is 2.51. The number of thiazole rings is 1. The Morgan fingerprint density at radius 2 is 2.08 bits per heavy atom. The van der Waals surface area contributed by atoms with Crippen LogP contribution in [0.25, 0.3) is 0 Å². The molecule has 1 aliphatic rings. The van der Waals surface area contributed by atoms with Crippen LogP contribution in [0, 0.1) is 13.8 Å². The van der Waals surface area contributed by atoms with E-state index < -0.39 is 0 Å². The standard InChI is InChI=1S/C18H24N4O2S/c1-13-9-19-15(14(2)17(13)24-3)10-21-5-4-6-22(8-7-21)18(23)16-11-25-12-20-16/h9,11-12H,4-8,10H2,1-3H3. The van der Waals surface area contributed by atoms with Gasteiger partial charge in [0.2, 0.25) is 0 Å². The molecule has 3 rings (SSSR count). The van der Waals surface area contributed by atoms with Gasteiger partial charge >= 0.3 is 0 Å². The van der Waals surface area contributed by atoms with Gasteiger partial charge in [-0.05, 0) is 20.3 Å². The minimum atomic E-state index is 0.0365. The van der Waals surface area contributed by atoms with Crippen LogP contribution in [0.15, 0.2) is 17.1 Å². The smallest absolute Gasteiger partial charge is 0.273 e. The van der Waals surface area contributed by atoms with Crippen LogP contribution >= 0.6 is 11.3 Å². The molecule has 3 heterocycles. The van der Waals surface area contributed by atoms with Crippen LogP contribution in [0.4, 0.5) is 0 Å². The quantitative estimate of drug-likeness (QED) is 0.838. The van der Waals surface area contributed by atoms with Crippen molar-refractivity contribution >= 4 is 17.2 Å². The predicted molar refractivity (Wildman–Crippen MR) is 98.2 cm³/mol. The van der Waals surface area contributed by atoms with Gasteiger partial charge in [0.25, 0.3) is 5.91 Å². The van der Waals surface area contributed by atoms with E-state index in [1.54, 1.807) is 12.6 Å². The SMILES string of the molecule is COc1c(C)cnc(CN2CCCN(C(=O)c3cscn3)CC2)c1C. The Balaban J connectivity index is 1.65. The Kier molecular flexibility index (Phi) is 5.65. The maximum absolute atomic E-state index is 12.5. The Morgan fingerprint density at radius 1 is 1.24 bits per heavy atom. The van der Waals surface area contributed by atoms with Crippen LogP contribution in [0.1, 0.15) is 33.7 Å². The van der Waals surface area contributed by atoms with E-state index in [2.05, 4.69) is 21.8 Å². The minimum Gasteiger partial charge on any atom is -0.496 e. The number of hydrogen-bond acceptors (Lipinski definition) is 6. The summed E-state index contributed by atoms with van der Waals surface area (Å²) in [6, 6.07) is 0. The molecule has 1 fully saturated rings. The molecule has 0 saturated carbocycles. The van der Waals surface area contributed by atoms with Crippen LogP contribution < -0.4 is 4.74 Å². The molecule has 2 aromatic rings. The van der Waals surface area contributed by atoms with Gasteiger partial charge in [-0.2, -0.15) is 0 Å². The van der Waals surface area contributed by atoms with Gasteiger partial charge in [0.05, 0.1) is 18.3 Å². The fraction of sp³-hybridized carbons (Fsp3) is 0.500. The van der Waals surface area contributed by atoms with Crippen molar-refractivity contribution in [3.05, 3.63) is 39.6 Å². The maximum atomic E-state index is 12.5. The highest BCUT2D eigenvalue weighted by Crippen LogP contribution is 2.25. The second-order valence-corrected chi connectivity index (χ2v) is 7.06. The fourth-order valence-corrected chi connectivity index (χ4v) is 3.78. The zero-order chi connectivity index (χ0) is 17.8. The van der Waals surface area contributed by atoms with Crippen molar-refractivity contribution in [2.24, 2.45) is 0 Å². The van der Waals surface area contributed by atoms with Gasteiger partial charge in [-0.25, -0.2) is 4.98 Å². The van der Waals surface area contributed by atoms with Crippen molar-refractivity contribution in [1.29, 1.82) is 0 Å². The molecule has 0 unspecified atom stereocenters. The summed E-state index contributed by atoms with van der Waals surface area (Å²) in [4.78, 5) is 25.5. The molecule has 134 valence electrons. The van der Waals surface area contributed by atoms with Gasteiger partial charge in [-0.15, -0.1) is 11.3 Å². The van der Waals surface area contributed by atoms with Crippen LogP contribution in [0.2, 0.25) is 0 Å². The van der Waals surface area contributed by atoms with Gasteiger partial charge in [0, 0.05) is 55.4 Å². The highest BCUT2D eigenvalue weighted by Gasteiger charge is 2.22. The first-order valence-electron chi connectivity index (χ1n) is 8.49. The van der Waals surface area contributed by atoms with E-state index in [1.165, 1.54) is 11.3 Å². The van der Waals surface area contributed by atoms with Crippen molar-refractivity contribution < 1.29 is 9.53 Å². The van der Waals surface area contributed by atoms with Gasteiger partial charge in [0.15, 0.2) is 0 Å². The van der Waals surface area contributed by atoms with Crippen molar-refractivity contribution in [3.63, 3.8) is 0 Å². The van der Waals surface area contributed by atoms with E-state index in [0.717, 1.165) is 61.7 Å². The van der Waals surface area contributed by atoms with Gasteiger partial charge in [-0.3, -0.25) is 14.7 Å². The second-order valence-electron chi connectivity index (χ2n) is 6.34. The van der Waals surface area contributed by atoms with Crippen LogP contribution in [0.3, 0.4) is 0 Å². The molecule has 1 saturated heterocycles. The van der Waals surface area contributed by atoms with Crippen molar-refractivity contribution in [1.82, 2.24) is 19.8 Å². The third-order valence-corrected chi connectivity index (χ3v) is 5.24. The van der Waals surface area contributed by atoms with E-state index in [4.69, 9.17) is 4.74 Å². The summed E-state index contributed by atoms with van der Waals surface area (Å²) in [6.45, 7) is 8.14. The van der Waals surface area contributed by atoms with E-state index in [-0.39, 0.29) is 5.91 Å². The second kappa shape index (κ2) is 7.93. The largest absolute Gasteiger partial charge is 0.496 e. The molecule has 1 aliphatic heterocycles. The Morgan fingerprint density at radius 3 is 2.80 bits per heavy atom. The lowest BCUT2D eigenvalue weighted by Crippen LogP contribution is -2.35. The van der Waals surface area contributed by atoms with Gasteiger partial charge in [-0.1, -0.05) is 0 Å². The van der Waals surface area contributed by atoms with E-state index in [0.29, 0.717) is 5.69 Å². The Bertz CT molecular complexity index is 733. The van der Waals surface area contributed by atoms with Gasteiger partial charge < -0.3 is 9.64 Å². The molecule has 7 heteroatoms. The molecule has 0 atom stereocenters. The Hall–Kier alpha value is -1.99. The molecular weight excluding hydrogens is 336 g/mol. The molecule has 0 radical (unpaired) electrons. The molecule has 25 heavy (non-hydrogen) atoms. The summed E-state index contributed by atoms with van der Waals surface area (Å²) < 4.78 is 5.50. The number of pyridine rings is 1.